The standard InChI is InChI=1S/C28H29FN4O4S2/c29-17-6-19-24(27(37)33(26(19)36)20-1-2-22(34)32-25(20)35)21(7-17)38-13-23-31-18(12-39-23)11-30-28-8-14-3-15(9-28)5-16(4-14)10-28/h6-7,12,14-16,20,30H,1-5,8-11,13H2,(H,32,34,35). The number of aromatic nitrogens is 1. The molecule has 4 aliphatic carbocycles. The van der Waals surface area contributed by atoms with Crippen molar-refractivity contribution in [3.63, 3.8) is 0 Å². The lowest BCUT2D eigenvalue weighted by Crippen LogP contribution is -2.58. The number of amides is 4. The molecule has 1 aromatic carbocycles. The second-order valence-corrected chi connectivity index (χ2v) is 13.8. The van der Waals surface area contributed by atoms with Gasteiger partial charge in [0, 0.05) is 28.8 Å². The average Bonchev–Trinajstić information content (AvgIpc) is 3.43. The van der Waals surface area contributed by atoms with Gasteiger partial charge >= 0.3 is 0 Å². The Bertz CT molecular complexity index is 1370. The second-order valence-electron chi connectivity index (χ2n) is 11.8. The van der Waals surface area contributed by atoms with Crippen LogP contribution in [0.5, 0.6) is 0 Å². The highest BCUT2D eigenvalue weighted by molar-refractivity contribution is 7.98. The molecule has 1 saturated heterocycles. The Hall–Kier alpha value is -2.63. The van der Waals surface area contributed by atoms with Crippen LogP contribution in [0.1, 0.15) is 82.8 Å². The van der Waals surface area contributed by atoms with Crippen LogP contribution in [-0.4, -0.2) is 45.1 Å². The number of piperidine rings is 1. The number of hydrogen-bond donors (Lipinski definition) is 2. The first kappa shape index (κ1) is 25.3. The van der Waals surface area contributed by atoms with Crippen molar-refractivity contribution < 1.29 is 23.6 Å². The number of imide groups is 2. The minimum Gasteiger partial charge on any atom is -0.306 e. The van der Waals surface area contributed by atoms with Gasteiger partial charge in [-0.25, -0.2) is 9.37 Å². The third-order valence-corrected chi connectivity index (χ3v) is 11.2. The van der Waals surface area contributed by atoms with Crippen LogP contribution in [0, 0.1) is 23.6 Å². The van der Waals surface area contributed by atoms with Crippen molar-refractivity contribution in [1.82, 2.24) is 20.5 Å². The lowest BCUT2D eigenvalue weighted by Gasteiger charge is -2.57. The van der Waals surface area contributed by atoms with E-state index in [2.05, 4.69) is 16.0 Å². The molecule has 39 heavy (non-hydrogen) atoms. The molecule has 0 spiro atoms. The Morgan fingerprint density at radius 3 is 2.49 bits per heavy atom. The summed E-state index contributed by atoms with van der Waals surface area (Å²) in [6.45, 7) is 0.733. The molecular formula is C28H29FN4O4S2. The molecule has 1 unspecified atom stereocenters. The molecule has 4 saturated carbocycles. The fraction of sp³-hybridized carbons (Fsp3) is 0.536. The highest BCUT2D eigenvalue weighted by Gasteiger charge is 2.50. The highest BCUT2D eigenvalue weighted by atomic mass is 32.2. The molecule has 204 valence electrons. The Kier molecular flexibility index (Phi) is 6.16. The van der Waals surface area contributed by atoms with Crippen LogP contribution in [0.3, 0.4) is 0 Å². The molecule has 8 rings (SSSR count). The third-order valence-electron chi connectivity index (χ3n) is 9.10. The topological polar surface area (TPSA) is 108 Å². The molecule has 5 fully saturated rings. The lowest BCUT2D eigenvalue weighted by molar-refractivity contribution is -0.136. The number of halogens is 1. The first-order chi connectivity index (χ1) is 18.8. The zero-order chi connectivity index (χ0) is 26.9. The maximum absolute atomic E-state index is 14.5. The van der Waals surface area contributed by atoms with Gasteiger partial charge in [0.2, 0.25) is 11.8 Å². The summed E-state index contributed by atoms with van der Waals surface area (Å²) in [5.74, 6) is -0.0394. The summed E-state index contributed by atoms with van der Waals surface area (Å²) in [5.41, 5.74) is 1.31. The molecule has 0 radical (unpaired) electrons. The molecule has 4 amide bonds. The van der Waals surface area contributed by atoms with Crippen molar-refractivity contribution in [2.75, 3.05) is 0 Å². The van der Waals surface area contributed by atoms with Gasteiger partial charge < -0.3 is 5.32 Å². The Morgan fingerprint density at radius 1 is 1.08 bits per heavy atom. The Balaban J connectivity index is 1.03. The maximum Gasteiger partial charge on any atom is 0.263 e. The summed E-state index contributed by atoms with van der Waals surface area (Å²) in [6.07, 6.45) is 8.13. The van der Waals surface area contributed by atoms with E-state index < -0.39 is 35.5 Å². The fourth-order valence-corrected chi connectivity index (χ4v) is 9.79. The van der Waals surface area contributed by atoms with Crippen LogP contribution in [0.15, 0.2) is 22.4 Å². The van der Waals surface area contributed by atoms with E-state index in [0.29, 0.717) is 10.6 Å². The van der Waals surface area contributed by atoms with E-state index in [1.165, 1.54) is 67.7 Å². The molecule has 6 aliphatic rings. The Labute approximate surface area is 233 Å². The number of thiazole rings is 1. The van der Waals surface area contributed by atoms with Crippen LogP contribution in [0.2, 0.25) is 0 Å². The zero-order valence-electron chi connectivity index (χ0n) is 21.3. The second kappa shape index (κ2) is 9.49. The minimum atomic E-state index is -1.08. The predicted octanol–water partition coefficient (Wildman–Crippen LogP) is 4.03. The van der Waals surface area contributed by atoms with Crippen LogP contribution in [0.4, 0.5) is 4.39 Å². The number of thioether (sulfide) groups is 1. The van der Waals surface area contributed by atoms with Crippen molar-refractivity contribution in [3.8, 4) is 0 Å². The number of rotatable bonds is 7. The smallest absolute Gasteiger partial charge is 0.263 e. The molecule has 8 nitrogen and oxygen atoms in total. The summed E-state index contributed by atoms with van der Waals surface area (Å²) in [4.78, 5) is 56.3. The molecule has 4 bridgehead atoms. The molecule has 2 N–H and O–H groups in total. The molecular weight excluding hydrogens is 539 g/mol. The summed E-state index contributed by atoms with van der Waals surface area (Å²) in [5, 5.41) is 8.97. The van der Waals surface area contributed by atoms with Gasteiger partial charge in [-0.05, 0) is 74.8 Å². The van der Waals surface area contributed by atoms with Gasteiger partial charge in [-0.2, -0.15) is 0 Å². The van der Waals surface area contributed by atoms with Crippen LogP contribution < -0.4 is 10.6 Å². The van der Waals surface area contributed by atoms with E-state index in [0.717, 1.165) is 46.0 Å². The van der Waals surface area contributed by atoms with Gasteiger partial charge in [-0.1, -0.05) is 0 Å². The fourth-order valence-electron chi connectivity index (χ4n) is 7.88. The van der Waals surface area contributed by atoms with Crippen molar-refractivity contribution in [3.05, 3.63) is 45.2 Å². The minimum absolute atomic E-state index is 0.0316. The van der Waals surface area contributed by atoms with Crippen molar-refractivity contribution in [2.45, 2.75) is 80.1 Å². The van der Waals surface area contributed by atoms with E-state index in [1.54, 1.807) is 0 Å². The number of nitrogens with zero attached hydrogens (tertiary/aromatic N) is 2. The lowest BCUT2D eigenvalue weighted by atomic mass is 9.53. The first-order valence-electron chi connectivity index (χ1n) is 13.6. The quantitative estimate of drug-likeness (QED) is 0.384. The van der Waals surface area contributed by atoms with Gasteiger partial charge in [-0.3, -0.25) is 29.4 Å². The SMILES string of the molecule is O=C1CCC(N2C(=O)c3cc(F)cc(SCc4nc(CNC56CC7CC(CC(C7)C5)C6)cs4)c3C2=O)C(=O)N1. The molecule has 1 aromatic heterocycles. The number of nitrogens with one attached hydrogen (secondary N) is 2. The Morgan fingerprint density at radius 2 is 1.79 bits per heavy atom. The van der Waals surface area contributed by atoms with Gasteiger partial charge in [0.25, 0.3) is 11.8 Å². The molecule has 11 heteroatoms. The van der Waals surface area contributed by atoms with Crippen molar-refractivity contribution >= 4 is 46.7 Å². The molecule has 1 atom stereocenters. The van der Waals surface area contributed by atoms with E-state index in [1.807, 2.05) is 0 Å². The van der Waals surface area contributed by atoms with E-state index in [4.69, 9.17) is 4.98 Å². The first-order valence-corrected chi connectivity index (χ1v) is 15.5. The van der Waals surface area contributed by atoms with Gasteiger partial charge in [0.05, 0.1) is 22.6 Å². The van der Waals surface area contributed by atoms with Gasteiger partial charge in [-0.15, -0.1) is 23.1 Å². The molecule has 2 aliphatic heterocycles. The number of fused-ring (bicyclic) bond motifs is 1. The largest absolute Gasteiger partial charge is 0.306 e. The number of hydrogen-bond acceptors (Lipinski definition) is 8. The number of benzene rings is 1. The third kappa shape index (κ3) is 4.52. The van der Waals surface area contributed by atoms with E-state index in [-0.39, 0.29) is 29.5 Å². The maximum atomic E-state index is 14.5. The van der Waals surface area contributed by atoms with Crippen molar-refractivity contribution in [1.29, 1.82) is 0 Å². The van der Waals surface area contributed by atoms with Gasteiger partial charge in [0.1, 0.15) is 16.9 Å². The van der Waals surface area contributed by atoms with Crippen molar-refractivity contribution in [2.24, 2.45) is 17.8 Å². The summed E-state index contributed by atoms with van der Waals surface area (Å²) in [7, 11) is 0. The monoisotopic (exact) mass is 568 g/mol. The summed E-state index contributed by atoms with van der Waals surface area (Å²) in [6, 6.07) is 1.22. The molecule has 2 aromatic rings. The number of carbonyl (C=O) groups excluding carboxylic acids is 4. The van der Waals surface area contributed by atoms with Gasteiger partial charge in [0.15, 0.2) is 0 Å². The van der Waals surface area contributed by atoms with E-state index >= 15 is 0 Å². The predicted molar refractivity (Wildman–Crippen MR) is 142 cm³/mol. The number of carbonyl (C=O) groups is 4. The highest BCUT2D eigenvalue weighted by Crippen LogP contribution is 2.55. The zero-order valence-corrected chi connectivity index (χ0v) is 23.0. The van der Waals surface area contributed by atoms with Crippen LogP contribution in [0.25, 0.3) is 0 Å². The van der Waals surface area contributed by atoms with E-state index in [9.17, 15) is 23.6 Å². The van der Waals surface area contributed by atoms with Crippen LogP contribution in [-0.2, 0) is 21.9 Å². The average molecular weight is 569 g/mol. The summed E-state index contributed by atoms with van der Waals surface area (Å²) < 4.78 is 14.5. The normalized spacial score (nSPS) is 31.3. The van der Waals surface area contributed by atoms with Crippen LogP contribution >= 0.6 is 23.1 Å². The molecule has 3 heterocycles. The summed E-state index contributed by atoms with van der Waals surface area (Å²) >= 11 is 2.80.